The molecule has 0 atom stereocenters. The largest absolute Gasteiger partial charge is 0.310 e. The van der Waals surface area contributed by atoms with E-state index in [9.17, 15) is 6.85 Å². The van der Waals surface area contributed by atoms with Crippen LogP contribution in [0.5, 0.6) is 0 Å². The quantitative estimate of drug-likeness (QED) is 0.194. The first-order valence-corrected chi connectivity index (χ1v) is 13.6. The zero-order valence-electron chi connectivity index (χ0n) is 44.4. The van der Waals surface area contributed by atoms with Crippen LogP contribution in [-0.4, -0.2) is 0 Å². The molecule has 0 aliphatic heterocycles. The molecular weight excluding hydrogens is 530 g/mol. The summed E-state index contributed by atoms with van der Waals surface area (Å²) in [4.78, 5) is 0.875. The Bertz CT molecular complexity index is 3300. The molecule has 0 N–H and O–H groups in total. The summed E-state index contributed by atoms with van der Waals surface area (Å²) in [5.41, 5.74) is -4.08. The lowest BCUT2D eigenvalue weighted by atomic mass is 9.67. The Morgan fingerprint density at radius 1 is 0.500 bits per heavy atom. The van der Waals surface area contributed by atoms with Gasteiger partial charge < -0.3 is 4.90 Å². The van der Waals surface area contributed by atoms with Crippen LogP contribution in [0, 0.1) is 0 Å². The van der Waals surface area contributed by atoms with Crippen molar-refractivity contribution in [1.29, 1.82) is 0 Å². The van der Waals surface area contributed by atoms with Crippen LogP contribution in [0.2, 0.25) is 0 Å². The van der Waals surface area contributed by atoms with E-state index >= 15 is 0 Å². The van der Waals surface area contributed by atoms with Gasteiger partial charge in [0.1, 0.15) is 0 Å². The van der Waals surface area contributed by atoms with Crippen molar-refractivity contribution in [2.24, 2.45) is 0 Å². The topological polar surface area (TPSA) is 3.24 Å². The van der Waals surface area contributed by atoms with Gasteiger partial charge in [-0.15, -0.1) is 0 Å². The number of hydrogen-bond acceptors (Lipinski definition) is 1. The van der Waals surface area contributed by atoms with Crippen molar-refractivity contribution in [3.63, 3.8) is 0 Å². The first kappa shape index (κ1) is 12.3. The van der Waals surface area contributed by atoms with Crippen molar-refractivity contribution in [3.8, 4) is 33.4 Å². The van der Waals surface area contributed by atoms with E-state index in [0.29, 0.717) is 0 Å². The molecule has 0 spiro atoms. The predicted octanol–water partition coefficient (Wildman–Crippen LogP) is 11.9. The molecule has 0 saturated carbocycles. The number of benzene rings is 7. The predicted molar refractivity (Wildman–Crippen MR) is 187 cm³/mol. The van der Waals surface area contributed by atoms with Gasteiger partial charge in [-0.2, -0.15) is 0 Å². The normalized spacial score (nSPS) is 19.6. The highest BCUT2D eigenvalue weighted by Gasteiger charge is 2.34. The van der Waals surface area contributed by atoms with Gasteiger partial charge in [0.05, 0.1) is 28.8 Å². The second kappa shape index (κ2) is 10.4. The number of rotatable bonds is 5. The van der Waals surface area contributed by atoms with Gasteiger partial charge in [-0.3, -0.25) is 0 Å². The van der Waals surface area contributed by atoms with Crippen LogP contribution < -0.4 is 4.90 Å². The van der Waals surface area contributed by atoms with Crippen LogP contribution in [0.25, 0.3) is 44.2 Å². The SMILES string of the molecule is [2H]c1cc(-c2c([2H])c([2H])c3c([2H])c([2H])c([2H])c4c3c2-c2c(cc([2H])c([2H])c2[2H])C4(C)C)c([2H])c(N(c2cc([2H])c(-c3c([2H])cc([2H])c([2H])c3[2H])c([2H])c2[2H])c2c([2H])c([2H])cc([2H])c2[2H])c1. The molecule has 0 heterocycles. The maximum absolute atomic E-state index is 9.90. The number of para-hydroxylation sites is 1. The van der Waals surface area contributed by atoms with Crippen LogP contribution in [-0.2, 0) is 5.41 Å². The molecular formula is C43H33N. The van der Waals surface area contributed by atoms with Crippen molar-refractivity contribution < 1.29 is 28.8 Å². The smallest absolute Gasteiger partial charge is 0.0651 e. The van der Waals surface area contributed by atoms with Gasteiger partial charge in [0.2, 0.25) is 0 Å². The second-order valence-electron chi connectivity index (χ2n) is 10.6. The van der Waals surface area contributed by atoms with Crippen LogP contribution in [0.15, 0.2) is 163 Å². The fraction of sp³-hybridized carbons (Fsp3) is 0.0698. The molecule has 0 saturated heterocycles. The molecule has 0 unspecified atom stereocenters. The zero-order chi connectivity index (χ0) is 47.9. The minimum Gasteiger partial charge on any atom is -0.310 e. The van der Waals surface area contributed by atoms with Crippen LogP contribution in [0.3, 0.4) is 0 Å². The van der Waals surface area contributed by atoms with E-state index < -0.39 is 154 Å². The lowest BCUT2D eigenvalue weighted by Gasteiger charge is -2.36. The summed E-state index contributed by atoms with van der Waals surface area (Å²) in [6.45, 7) is 3.33. The van der Waals surface area contributed by atoms with E-state index in [2.05, 4.69) is 0 Å². The van der Waals surface area contributed by atoms with Gasteiger partial charge in [-0.05, 0) is 91.6 Å². The Morgan fingerprint density at radius 2 is 1.36 bits per heavy atom. The summed E-state index contributed by atoms with van der Waals surface area (Å²) < 4.78 is 187. The molecule has 7 aromatic rings. The van der Waals surface area contributed by atoms with Gasteiger partial charge in [-0.25, -0.2) is 0 Å². The highest BCUT2D eigenvalue weighted by molar-refractivity contribution is 6.09. The minimum absolute atomic E-state index is 0.00417. The average Bonchev–Trinajstić information content (AvgIpc) is 3.23. The molecule has 0 aromatic heterocycles. The van der Waals surface area contributed by atoms with E-state index in [4.69, 9.17) is 21.9 Å². The fourth-order valence-electron chi connectivity index (χ4n) is 5.59. The molecule has 1 aliphatic rings. The zero-order valence-corrected chi connectivity index (χ0v) is 23.4. The van der Waals surface area contributed by atoms with Crippen LogP contribution in [0.1, 0.15) is 53.8 Å². The van der Waals surface area contributed by atoms with Crippen LogP contribution >= 0.6 is 0 Å². The molecule has 0 radical (unpaired) electrons. The summed E-state index contributed by atoms with van der Waals surface area (Å²) in [6, 6.07) is -5.85. The Labute approximate surface area is 289 Å². The monoisotopic (exact) mass is 584 g/mol. The van der Waals surface area contributed by atoms with Crippen molar-refractivity contribution in [2.75, 3.05) is 4.90 Å². The minimum atomic E-state index is -1.29. The van der Waals surface area contributed by atoms with Crippen molar-refractivity contribution in [3.05, 3.63) is 174 Å². The number of hydrogen-bond donors (Lipinski definition) is 0. The number of anilines is 3. The summed E-state index contributed by atoms with van der Waals surface area (Å²) in [5.74, 6) is 0. The maximum Gasteiger partial charge on any atom is 0.0651 e. The van der Waals surface area contributed by atoms with E-state index in [0.717, 1.165) is 35.2 Å². The third kappa shape index (κ3) is 4.24. The van der Waals surface area contributed by atoms with E-state index in [1.807, 2.05) is 0 Å². The number of nitrogens with zero attached hydrogens (tertiary/aromatic N) is 1. The lowest BCUT2D eigenvalue weighted by molar-refractivity contribution is 0.645. The summed E-state index contributed by atoms with van der Waals surface area (Å²) in [7, 11) is 0. The summed E-state index contributed by atoms with van der Waals surface area (Å²) >= 11 is 0. The van der Waals surface area contributed by atoms with Gasteiger partial charge in [-0.1, -0.05) is 141 Å². The molecule has 0 bridgehead atoms. The first-order valence-electron chi connectivity index (χ1n) is 24.1. The second-order valence-corrected chi connectivity index (χ2v) is 10.6. The molecule has 210 valence electrons. The highest BCUT2D eigenvalue weighted by atomic mass is 15.1. The van der Waals surface area contributed by atoms with Gasteiger partial charge in [0, 0.05) is 22.5 Å². The van der Waals surface area contributed by atoms with Crippen molar-refractivity contribution >= 4 is 27.8 Å². The fourth-order valence-corrected chi connectivity index (χ4v) is 5.59. The molecule has 0 amide bonds. The Morgan fingerprint density at radius 3 is 2.27 bits per heavy atom. The molecule has 1 nitrogen and oxygen atoms in total. The first-order chi connectivity index (χ1) is 30.3. The van der Waals surface area contributed by atoms with E-state index in [-0.39, 0.29) is 50.2 Å². The van der Waals surface area contributed by atoms with E-state index in [1.165, 1.54) is 6.07 Å². The van der Waals surface area contributed by atoms with Gasteiger partial charge in [0.15, 0.2) is 0 Å². The Balaban J connectivity index is 1.55. The summed E-state index contributed by atoms with van der Waals surface area (Å²) in [5, 5.41) is -0.219. The standard InChI is InChI=1S/C43H33N/c1-43(2)39-21-10-9-20-38(39)42-37(28-25-32-15-12-22-40(43)41(32)42)33-16-11-19-36(29-33)44(34-17-7-4-8-18-34)35-26-23-31(24-27-35)30-13-5-3-6-14-30/h3-29H,1-2H3/i3D,5D,7D,8D,9D,10D,11D,12D,13D,14D,15D,17D,18D,20D,22D,23D,24D,25D,26D,28D,29D. The number of fused-ring (bicyclic) bond motifs is 2. The van der Waals surface area contributed by atoms with E-state index in [1.54, 1.807) is 13.8 Å². The molecule has 0 fully saturated rings. The molecule has 7 aromatic carbocycles. The molecule has 1 aliphatic carbocycles. The Kier molecular flexibility index (Phi) is 2.91. The lowest BCUT2D eigenvalue weighted by Crippen LogP contribution is -2.23. The van der Waals surface area contributed by atoms with Gasteiger partial charge >= 0.3 is 0 Å². The average molecular weight is 585 g/mol. The van der Waals surface area contributed by atoms with Gasteiger partial charge in [0.25, 0.3) is 0 Å². The third-order valence-corrected chi connectivity index (χ3v) is 7.66. The Hall–Kier alpha value is -5.40. The third-order valence-electron chi connectivity index (χ3n) is 7.66. The van der Waals surface area contributed by atoms with Crippen LogP contribution in [0.4, 0.5) is 17.1 Å². The molecule has 8 rings (SSSR count). The van der Waals surface area contributed by atoms with Crippen molar-refractivity contribution in [2.45, 2.75) is 19.3 Å². The molecule has 1 heteroatoms. The van der Waals surface area contributed by atoms with Crippen molar-refractivity contribution in [1.82, 2.24) is 0 Å². The maximum atomic E-state index is 9.90. The highest BCUT2D eigenvalue weighted by Crippen LogP contribution is 2.52. The molecule has 44 heavy (non-hydrogen) atoms. The summed E-state index contributed by atoms with van der Waals surface area (Å²) in [6.07, 6.45) is 0.